The fourth-order valence-corrected chi connectivity index (χ4v) is 2.86. The van der Waals surface area contributed by atoms with E-state index < -0.39 is 0 Å². The number of nitrogens with zero attached hydrogens (tertiary/aromatic N) is 1. The van der Waals surface area contributed by atoms with Crippen LogP contribution in [0.1, 0.15) is 33.1 Å². The van der Waals surface area contributed by atoms with E-state index in [1.165, 1.54) is 0 Å². The van der Waals surface area contributed by atoms with Crippen molar-refractivity contribution in [1.82, 2.24) is 4.90 Å². The SMILES string of the molecule is CC(O)CC/C=C/[C@@H]1OC(=O)N2CC[C@H](O)[C@H](C)[C@@H]12. The Bertz CT molecular complexity index is 355. The average Bonchev–Trinajstić information content (AvgIpc) is 2.67. The van der Waals surface area contributed by atoms with Crippen molar-refractivity contribution in [3.05, 3.63) is 12.2 Å². The predicted molar refractivity (Wildman–Crippen MR) is 70.6 cm³/mol. The zero-order valence-corrected chi connectivity index (χ0v) is 11.5. The molecule has 2 N–H and O–H groups in total. The van der Waals surface area contributed by atoms with Crippen LogP contribution in [0.5, 0.6) is 0 Å². The van der Waals surface area contributed by atoms with Crippen molar-refractivity contribution < 1.29 is 19.7 Å². The predicted octanol–water partition coefficient (Wildman–Crippen LogP) is 1.29. The van der Waals surface area contributed by atoms with Crippen LogP contribution in [0.4, 0.5) is 4.79 Å². The zero-order valence-electron chi connectivity index (χ0n) is 11.5. The summed E-state index contributed by atoms with van der Waals surface area (Å²) in [5.41, 5.74) is 0. The molecule has 2 rings (SSSR count). The first-order chi connectivity index (χ1) is 9.00. The second kappa shape index (κ2) is 5.92. The second-order valence-corrected chi connectivity index (χ2v) is 5.60. The second-order valence-electron chi connectivity index (χ2n) is 5.60. The molecule has 1 amide bonds. The lowest BCUT2D eigenvalue weighted by Crippen LogP contribution is -2.50. The highest BCUT2D eigenvalue weighted by Gasteiger charge is 2.47. The van der Waals surface area contributed by atoms with Gasteiger partial charge in [-0.1, -0.05) is 13.0 Å². The van der Waals surface area contributed by atoms with Crippen LogP contribution in [0.25, 0.3) is 0 Å². The lowest BCUT2D eigenvalue weighted by atomic mass is 9.85. The Morgan fingerprint density at radius 3 is 3.00 bits per heavy atom. The lowest BCUT2D eigenvalue weighted by Gasteiger charge is -2.37. The molecule has 108 valence electrons. The van der Waals surface area contributed by atoms with Gasteiger partial charge in [-0.3, -0.25) is 0 Å². The highest BCUT2D eigenvalue weighted by molar-refractivity contribution is 5.71. The number of carbonyl (C=O) groups excluding carboxylic acids is 1. The highest BCUT2D eigenvalue weighted by Crippen LogP contribution is 2.33. The fourth-order valence-electron chi connectivity index (χ4n) is 2.86. The van der Waals surface area contributed by atoms with Gasteiger partial charge in [0, 0.05) is 12.5 Å². The van der Waals surface area contributed by atoms with Gasteiger partial charge in [-0.25, -0.2) is 4.79 Å². The molecule has 2 fully saturated rings. The van der Waals surface area contributed by atoms with Crippen LogP contribution in [0, 0.1) is 5.92 Å². The maximum Gasteiger partial charge on any atom is 0.410 e. The first-order valence-electron chi connectivity index (χ1n) is 7.00. The van der Waals surface area contributed by atoms with Gasteiger partial charge in [0.05, 0.1) is 18.2 Å². The summed E-state index contributed by atoms with van der Waals surface area (Å²) in [6.07, 6.45) is 4.65. The molecule has 0 saturated carbocycles. The Morgan fingerprint density at radius 1 is 1.58 bits per heavy atom. The van der Waals surface area contributed by atoms with Gasteiger partial charge in [0.2, 0.25) is 0 Å². The van der Waals surface area contributed by atoms with E-state index in [4.69, 9.17) is 4.74 Å². The monoisotopic (exact) mass is 269 g/mol. The zero-order chi connectivity index (χ0) is 14.0. The van der Waals surface area contributed by atoms with Crippen molar-refractivity contribution in [2.24, 2.45) is 5.92 Å². The standard InChI is InChI=1S/C14H23NO4/c1-9(16)5-3-4-6-12-13-10(2)11(17)7-8-15(13)14(18)19-12/h4,6,9-13,16-17H,3,5,7-8H2,1-2H3/b6-4+/t9?,10-,11-,12-,13-/m0/s1. The van der Waals surface area contributed by atoms with E-state index in [0.29, 0.717) is 19.4 Å². The molecule has 5 heteroatoms. The Hall–Kier alpha value is -1.07. The number of amides is 1. The highest BCUT2D eigenvalue weighted by atomic mass is 16.6. The molecule has 2 saturated heterocycles. The molecule has 2 heterocycles. The van der Waals surface area contributed by atoms with Crippen LogP contribution in [0.3, 0.4) is 0 Å². The summed E-state index contributed by atoms with van der Waals surface area (Å²) in [7, 11) is 0. The molecular weight excluding hydrogens is 246 g/mol. The number of rotatable bonds is 4. The van der Waals surface area contributed by atoms with E-state index in [2.05, 4.69) is 0 Å². The van der Waals surface area contributed by atoms with Gasteiger partial charge >= 0.3 is 6.09 Å². The van der Waals surface area contributed by atoms with Crippen LogP contribution < -0.4 is 0 Å². The first kappa shape index (κ1) is 14.3. The number of cyclic esters (lactones) is 1. The number of ether oxygens (including phenoxy) is 1. The summed E-state index contributed by atoms with van der Waals surface area (Å²) in [5, 5.41) is 19.1. The van der Waals surface area contributed by atoms with E-state index in [1.54, 1.807) is 11.8 Å². The van der Waals surface area contributed by atoms with Gasteiger partial charge in [-0.05, 0) is 32.3 Å². The van der Waals surface area contributed by atoms with Gasteiger partial charge in [0.15, 0.2) is 0 Å². The average molecular weight is 269 g/mol. The summed E-state index contributed by atoms with van der Waals surface area (Å²) in [6, 6.07) is -0.0703. The molecule has 0 bridgehead atoms. The molecule has 1 unspecified atom stereocenters. The number of aliphatic hydroxyl groups is 2. The number of hydrogen-bond acceptors (Lipinski definition) is 4. The molecule has 0 spiro atoms. The van der Waals surface area contributed by atoms with Crippen LogP contribution in [0.15, 0.2) is 12.2 Å². The summed E-state index contributed by atoms with van der Waals surface area (Å²) in [6.45, 7) is 4.28. The molecular formula is C14H23NO4. The van der Waals surface area contributed by atoms with Crippen LogP contribution in [-0.4, -0.2) is 52.1 Å². The van der Waals surface area contributed by atoms with Crippen molar-refractivity contribution >= 4 is 6.09 Å². The Kier molecular flexibility index (Phi) is 4.47. The Morgan fingerprint density at radius 2 is 2.32 bits per heavy atom. The van der Waals surface area contributed by atoms with Crippen molar-refractivity contribution in [1.29, 1.82) is 0 Å². The Balaban J connectivity index is 1.98. The molecule has 5 atom stereocenters. The summed E-state index contributed by atoms with van der Waals surface area (Å²) < 4.78 is 5.36. The van der Waals surface area contributed by atoms with Crippen molar-refractivity contribution in [3.8, 4) is 0 Å². The number of piperidine rings is 1. The van der Waals surface area contributed by atoms with Crippen LogP contribution in [0.2, 0.25) is 0 Å². The number of carbonyl (C=O) groups is 1. The van der Waals surface area contributed by atoms with Crippen LogP contribution >= 0.6 is 0 Å². The van der Waals surface area contributed by atoms with Gasteiger partial charge in [-0.2, -0.15) is 0 Å². The molecule has 0 aliphatic carbocycles. The molecule has 19 heavy (non-hydrogen) atoms. The number of aliphatic hydroxyl groups excluding tert-OH is 2. The molecule has 0 aromatic heterocycles. The minimum Gasteiger partial charge on any atom is -0.440 e. The fraction of sp³-hybridized carbons (Fsp3) is 0.786. The maximum atomic E-state index is 11.8. The molecule has 0 radical (unpaired) electrons. The maximum absolute atomic E-state index is 11.8. The van der Waals surface area contributed by atoms with E-state index in [0.717, 1.165) is 6.42 Å². The summed E-state index contributed by atoms with van der Waals surface area (Å²) in [5.74, 6) is 0.0200. The molecule has 2 aliphatic heterocycles. The Labute approximate surface area is 113 Å². The van der Waals surface area contributed by atoms with Gasteiger partial charge in [-0.15, -0.1) is 0 Å². The quantitative estimate of drug-likeness (QED) is 0.755. The molecule has 0 aromatic carbocycles. The van der Waals surface area contributed by atoms with Crippen molar-refractivity contribution in [2.75, 3.05) is 6.54 Å². The van der Waals surface area contributed by atoms with Crippen molar-refractivity contribution in [2.45, 2.75) is 57.5 Å². The summed E-state index contributed by atoms with van der Waals surface area (Å²) >= 11 is 0. The molecule has 0 aromatic rings. The first-order valence-corrected chi connectivity index (χ1v) is 7.00. The summed E-state index contributed by atoms with van der Waals surface area (Å²) in [4.78, 5) is 13.5. The van der Waals surface area contributed by atoms with E-state index in [1.807, 2.05) is 19.1 Å². The van der Waals surface area contributed by atoms with E-state index in [9.17, 15) is 15.0 Å². The number of fused-ring (bicyclic) bond motifs is 1. The third kappa shape index (κ3) is 3.09. The third-order valence-electron chi connectivity index (χ3n) is 4.06. The minimum atomic E-state index is -0.371. The van der Waals surface area contributed by atoms with Gasteiger partial charge in [0.25, 0.3) is 0 Å². The molecule has 5 nitrogen and oxygen atoms in total. The lowest BCUT2D eigenvalue weighted by molar-refractivity contribution is 0.0168. The third-order valence-corrected chi connectivity index (χ3v) is 4.06. The topological polar surface area (TPSA) is 70.0 Å². The normalized spacial score (nSPS) is 36.4. The smallest absolute Gasteiger partial charge is 0.410 e. The molecule has 2 aliphatic rings. The van der Waals surface area contributed by atoms with E-state index in [-0.39, 0.29) is 36.4 Å². The number of allylic oxidation sites excluding steroid dienone is 1. The number of hydrogen-bond donors (Lipinski definition) is 2. The van der Waals surface area contributed by atoms with Gasteiger partial charge in [0.1, 0.15) is 6.10 Å². The largest absolute Gasteiger partial charge is 0.440 e. The van der Waals surface area contributed by atoms with Gasteiger partial charge < -0.3 is 19.8 Å². The minimum absolute atomic E-state index is 0.0200. The van der Waals surface area contributed by atoms with Crippen molar-refractivity contribution in [3.63, 3.8) is 0 Å². The van der Waals surface area contributed by atoms with E-state index >= 15 is 0 Å². The van der Waals surface area contributed by atoms with Crippen LogP contribution in [-0.2, 0) is 4.74 Å².